The molecule has 1 amide bonds. The summed E-state index contributed by atoms with van der Waals surface area (Å²) in [6, 6.07) is 12.9. The summed E-state index contributed by atoms with van der Waals surface area (Å²) < 4.78 is 11.1. The number of aliphatic imine (C=N–C) groups is 1. The third-order valence-electron chi connectivity index (χ3n) is 5.37. The Balaban J connectivity index is 1.52. The molecular formula is C26H27N3O4S. The maximum atomic E-state index is 12.8. The number of amides is 1. The minimum Gasteiger partial charge on any atom is -0.484 e. The van der Waals surface area contributed by atoms with Crippen LogP contribution in [0.25, 0.3) is 0 Å². The molecule has 0 aliphatic carbocycles. The van der Waals surface area contributed by atoms with Gasteiger partial charge in [0.05, 0.1) is 23.9 Å². The summed E-state index contributed by atoms with van der Waals surface area (Å²) >= 11 is 1.50. The zero-order valence-electron chi connectivity index (χ0n) is 19.6. The van der Waals surface area contributed by atoms with Crippen LogP contribution in [0.2, 0.25) is 0 Å². The van der Waals surface area contributed by atoms with E-state index in [1.807, 2.05) is 73.7 Å². The van der Waals surface area contributed by atoms with Gasteiger partial charge in [0.2, 0.25) is 0 Å². The average Bonchev–Trinajstić information content (AvgIpc) is 3.24. The molecule has 0 fully saturated rings. The third kappa shape index (κ3) is 5.17. The number of amidine groups is 1. The molecule has 1 N–H and O–H groups in total. The number of hydrogen-bond donors (Lipinski definition) is 1. The summed E-state index contributed by atoms with van der Waals surface area (Å²) in [5, 5.41) is 5.61. The Hall–Kier alpha value is -3.52. The molecule has 0 saturated heterocycles. The Morgan fingerprint density at radius 1 is 1.12 bits per heavy atom. The molecule has 0 spiro atoms. The SMILES string of the molecule is CCOC(=O)C1=C(C)N=C2SC=CN2[C@H]1c1cccc(OCC(=O)Nc2cc(C)cc(C)c2)c1. The maximum Gasteiger partial charge on any atom is 0.338 e. The van der Waals surface area contributed by atoms with Crippen molar-refractivity contribution < 1.29 is 19.1 Å². The van der Waals surface area contributed by atoms with Crippen LogP contribution in [0.15, 0.2) is 70.3 Å². The second-order valence-corrected chi connectivity index (χ2v) is 8.99. The lowest BCUT2D eigenvalue weighted by Crippen LogP contribution is -2.34. The molecule has 0 saturated carbocycles. The van der Waals surface area contributed by atoms with Gasteiger partial charge in [-0.05, 0) is 74.1 Å². The van der Waals surface area contributed by atoms with Crippen LogP contribution in [-0.2, 0) is 14.3 Å². The standard InChI is InChI=1S/C26H27N3O4S/c1-5-32-25(31)23-18(4)27-26-29(9-10-34-26)24(23)19-7-6-8-21(14-19)33-15-22(30)28-20-12-16(2)11-17(3)13-20/h6-14,24H,5,15H2,1-4H3,(H,28,30)/t24-/m0/s1. The summed E-state index contributed by atoms with van der Waals surface area (Å²) in [5.74, 6) is -0.101. The number of carbonyl (C=O) groups is 2. The lowest BCUT2D eigenvalue weighted by Gasteiger charge is -2.33. The Bertz CT molecular complexity index is 1200. The van der Waals surface area contributed by atoms with E-state index in [4.69, 9.17) is 9.47 Å². The van der Waals surface area contributed by atoms with E-state index >= 15 is 0 Å². The van der Waals surface area contributed by atoms with Gasteiger partial charge in [0.25, 0.3) is 5.91 Å². The quantitative estimate of drug-likeness (QED) is 0.560. The predicted molar refractivity (Wildman–Crippen MR) is 135 cm³/mol. The van der Waals surface area contributed by atoms with Gasteiger partial charge in [-0.2, -0.15) is 0 Å². The highest BCUT2D eigenvalue weighted by molar-refractivity contribution is 8.16. The van der Waals surface area contributed by atoms with Crippen molar-refractivity contribution in [3.63, 3.8) is 0 Å². The van der Waals surface area contributed by atoms with E-state index in [-0.39, 0.29) is 19.1 Å². The highest BCUT2D eigenvalue weighted by atomic mass is 32.2. The van der Waals surface area contributed by atoms with E-state index in [0.717, 1.165) is 27.5 Å². The number of benzene rings is 2. The predicted octanol–water partition coefficient (Wildman–Crippen LogP) is 5.09. The van der Waals surface area contributed by atoms with Gasteiger partial charge in [-0.1, -0.05) is 30.0 Å². The molecule has 4 rings (SSSR count). The number of carbonyl (C=O) groups excluding carboxylic acids is 2. The van der Waals surface area contributed by atoms with E-state index in [0.29, 0.717) is 17.0 Å². The van der Waals surface area contributed by atoms with Crippen molar-refractivity contribution in [2.24, 2.45) is 4.99 Å². The van der Waals surface area contributed by atoms with Crippen LogP contribution in [0, 0.1) is 13.8 Å². The first-order valence-corrected chi connectivity index (χ1v) is 11.9. The molecule has 176 valence electrons. The van der Waals surface area contributed by atoms with Crippen LogP contribution < -0.4 is 10.1 Å². The van der Waals surface area contributed by atoms with E-state index in [9.17, 15) is 9.59 Å². The lowest BCUT2D eigenvalue weighted by molar-refractivity contribution is -0.139. The second-order valence-electron chi connectivity index (χ2n) is 8.11. The number of hydrogen-bond acceptors (Lipinski definition) is 7. The van der Waals surface area contributed by atoms with Crippen molar-refractivity contribution in [2.45, 2.75) is 33.7 Å². The van der Waals surface area contributed by atoms with Crippen molar-refractivity contribution in [1.82, 2.24) is 4.90 Å². The fraction of sp³-hybridized carbons (Fsp3) is 0.269. The normalized spacial score (nSPS) is 16.8. The minimum absolute atomic E-state index is 0.132. The minimum atomic E-state index is -0.398. The van der Waals surface area contributed by atoms with Crippen molar-refractivity contribution >= 4 is 34.5 Å². The molecule has 8 heteroatoms. The first-order valence-electron chi connectivity index (χ1n) is 11.0. The summed E-state index contributed by atoms with van der Waals surface area (Å²) in [7, 11) is 0. The average molecular weight is 478 g/mol. The number of nitrogens with one attached hydrogen (secondary N) is 1. The Labute approximate surface area is 203 Å². The molecule has 7 nitrogen and oxygen atoms in total. The topological polar surface area (TPSA) is 80.2 Å². The highest BCUT2D eigenvalue weighted by Crippen LogP contribution is 2.41. The fourth-order valence-corrected chi connectivity index (χ4v) is 4.86. The van der Waals surface area contributed by atoms with Gasteiger partial charge in [-0.25, -0.2) is 9.79 Å². The zero-order valence-corrected chi connectivity index (χ0v) is 20.4. The van der Waals surface area contributed by atoms with Crippen molar-refractivity contribution in [3.8, 4) is 5.75 Å². The van der Waals surface area contributed by atoms with Crippen LogP contribution in [0.4, 0.5) is 5.69 Å². The van der Waals surface area contributed by atoms with E-state index in [1.165, 1.54) is 11.8 Å². The monoisotopic (exact) mass is 477 g/mol. The van der Waals surface area contributed by atoms with Gasteiger partial charge in [0.1, 0.15) is 5.75 Å². The van der Waals surface area contributed by atoms with Crippen LogP contribution in [0.1, 0.15) is 36.6 Å². The Morgan fingerprint density at radius 3 is 2.62 bits per heavy atom. The van der Waals surface area contributed by atoms with Gasteiger partial charge in [0.15, 0.2) is 11.8 Å². The molecular weight excluding hydrogens is 450 g/mol. The van der Waals surface area contributed by atoms with Crippen LogP contribution in [0.5, 0.6) is 5.75 Å². The van der Waals surface area contributed by atoms with Gasteiger partial charge >= 0.3 is 5.97 Å². The number of esters is 1. The number of aryl methyl sites for hydroxylation is 2. The molecule has 2 aromatic carbocycles. The van der Waals surface area contributed by atoms with Gasteiger partial charge in [-0.3, -0.25) is 4.79 Å². The first kappa shape index (κ1) is 23.6. The molecule has 2 aromatic rings. The molecule has 2 heterocycles. The summed E-state index contributed by atoms with van der Waals surface area (Å²) in [4.78, 5) is 31.8. The molecule has 1 atom stereocenters. The van der Waals surface area contributed by atoms with E-state index in [2.05, 4.69) is 10.3 Å². The van der Waals surface area contributed by atoms with Crippen molar-refractivity contribution in [3.05, 3.63) is 82.0 Å². The molecule has 0 aromatic heterocycles. The fourth-order valence-electron chi connectivity index (χ4n) is 4.07. The third-order valence-corrected chi connectivity index (χ3v) is 6.14. The number of ether oxygens (including phenoxy) is 2. The maximum absolute atomic E-state index is 12.8. The summed E-state index contributed by atoms with van der Waals surface area (Å²) in [5.41, 5.74) is 4.86. The number of nitrogens with zero attached hydrogens (tertiary/aromatic N) is 2. The van der Waals surface area contributed by atoms with Gasteiger partial charge in [0, 0.05) is 11.9 Å². The van der Waals surface area contributed by atoms with Gasteiger partial charge in [-0.15, -0.1) is 0 Å². The molecule has 2 aliphatic heterocycles. The smallest absolute Gasteiger partial charge is 0.338 e. The number of allylic oxidation sites excluding steroid dienone is 1. The molecule has 0 bridgehead atoms. The van der Waals surface area contributed by atoms with E-state index in [1.54, 1.807) is 13.0 Å². The van der Waals surface area contributed by atoms with Crippen LogP contribution in [-0.4, -0.2) is 35.2 Å². The lowest BCUT2D eigenvalue weighted by atomic mass is 9.94. The van der Waals surface area contributed by atoms with Crippen LogP contribution >= 0.6 is 11.8 Å². The molecule has 0 unspecified atom stereocenters. The van der Waals surface area contributed by atoms with Gasteiger partial charge < -0.3 is 19.7 Å². The first-order chi connectivity index (χ1) is 16.4. The number of thioether (sulfide) groups is 1. The molecule has 2 aliphatic rings. The molecule has 0 radical (unpaired) electrons. The molecule has 34 heavy (non-hydrogen) atoms. The number of rotatable bonds is 7. The number of anilines is 1. The Kier molecular flexibility index (Phi) is 7.07. The van der Waals surface area contributed by atoms with Crippen molar-refractivity contribution in [1.29, 1.82) is 0 Å². The van der Waals surface area contributed by atoms with Crippen LogP contribution in [0.3, 0.4) is 0 Å². The highest BCUT2D eigenvalue weighted by Gasteiger charge is 2.37. The zero-order chi connectivity index (χ0) is 24.2. The summed E-state index contributed by atoms with van der Waals surface area (Å²) in [6.07, 6.45) is 1.91. The van der Waals surface area contributed by atoms with E-state index < -0.39 is 12.0 Å². The Morgan fingerprint density at radius 2 is 1.88 bits per heavy atom. The second kappa shape index (κ2) is 10.2. The number of fused-ring (bicyclic) bond motifs is 1. The summed E-state index contributed by atoms with van der Waals surface area (Å²) in [6.45, 7) is 7.72. The van der Waals surface area contributed by atoms with Crippen molar-refractivity contribution in [2.75, 3.05) is 18.5 Å². The largest absolute Gasteiger partial charge is 0.484 e.